The standard InChI is InChI=1S/C13H14N2/c1-10-4-3-5-12(8-10)15-13-9-11(2)6-7-14-13/h3-9H,1-2H3,(H,14,15). The highest BCUT2D eigenvalue weighted by molar-refractivity contribution is 5.57. The highest BCUT2D eigenvalue weighted by atomic mass is 15.0. The molecule has 15 heavy (non-hydrogen) atoms. The smallest absolute Gasteiger partial charge is 0.130 e. The van der Waals surface area contributed by atoms with Crippen LogP contribution >= 0.6 is 0 Å². The van der Waals surface area contributed by atoms with Crippen LogP contribution in [0.1, 0.15) is 11.1 Å². The van der Waals surface area contributed by atoms with Crippen LogP contribution in [0.5, 0.6) is 0 Å². The minimum absolute atomic E-state index is 0.889. The summed E-state index contributed by atoms with van der Waals surface area (Å²) in [5.74, 6) is 0.889. The first-order valence-electron chi connectivity index (χ1n) is 5.00. The average molecular weight is 198 g/mol. The van der Waals surface area contributed by atoms with Crippen molar-refractivity contribution in [2.24, 2.45) is 0 Å². The van der Waals surface area contributed by atoms with Crippen LogP contribution in [0, 0.1) is 13.8 Å². The third kappa shape index (κ3) is 2.56. The van der Waals surface area contributed by atoms with Crippen LogP contribution in [0.15, 0.2) is 42.6 Å². The SMILES string of the molecule is Cc1cccc(Nc2cc(C)ccn2)c1. The van der Waals surface area contributed by atoms with Crippen LogP contribution in [-0.4, -0.2) is 4.98 Å². The molecule has 2 aromatic rings. The van der Waals surface area contributed by atoms with Crippen molar-refractivity contribution < 1.29 is 0 Å². The van der Waals surface area contributed by atoms with Gasteiger partial charge >= 0.3 is 0 Å². The lowest BCUT2D eigenvalue weighted by molar-refractivity contribution is 1.27. The van der Waals surface area contributed by atoms with Crippen LogP contribution in [0.4, 0.5) is 11.5 Å². The molecule has 0 atom stereocenters. The molecule has 76 valence electrons. The summed E-state index contributed by atoms with van der Waals surface area (Å²) >= 11 is 0. The fraction of sp³-hybridized carbons (Fsp3) is 0.154. The van der Waals surface area contributed by atoms with Gasteiger partial charge in [-0.1, -0.05) is 12.1 Å². The van der Waals surface area contributed by atoms with Crippen LogP contribution in [0.25, 0.3) is 0 Å². The van der Waals surface area contributed by atoms with Crippen LogP contribution in [-0.2, 0) is 0 Å². The Kier molecular flexibility index (Phi) is 2.68. The summed E-state index contributed by atoms with van der Waals surface area (Å²) < 4.78 is 0. The summed E-state index contributed by atoms with van der Waals surface area (Å²) in [6, 6.07) is 12.3. The van der Waals surface area contributed by atoms with E-state index in [1.165, 1.54) is 11.1 Å². The van der Waals surface area contributed by atoms with E-state index in [0.29, 0.717) is 0 Å². The summed E-state index contributed by atoms with van der Waals surface area (Å²) in [6.45, 7) is 4.14. The van der Waals surface area contributed by atoms with Gasteiger partial charge in [-0.2, -0.15) is 0 Å². The van der Waals surface area contributed by atoms with Crippen LogP contribution in [0.2, 0.25) is 0 Å². The van der Waals surface area contributed by atoms with Crippen molar-refractivity contribution in [3.8, 4) is 0 Å². The second kappa shape index (κ2) is 4.13. The molecule has 0 spiro atoms. The molecule has 2 rings (SSSR count). The van der Waals surface area contributed by atoms with Gasteiger partial charge in [0.25, 0.3) is 0 Å². The Morgan fingerprint density at radius 3 is 2.53 bits per heavy atom. The first-order valence-corrected chi connectivity index (χ1v) is 5.00. The summed E-state index contributed by atoms with van der Waals surface area (Å²) in [6.07, 6.45) is 1.81. The Labute approximate surface area is 90.0 Å². The molecule has 2 heteroatoms. The van der Waals surface area contributed by atoms with E-state index < -0.39 is 0 Å². The molecule has 0 saturated carbocycles. The van der Waals surface area contributed by atoms with E-state index in [1.54, 1.807) is 0 Å². The molecule has 0 aliphatic heterocycles. The Morgan fingerprint density at radius 2 is 1.80 bits per heavy atom. The molecule has 0 aliphatic rings. The molecule has 1 N–H and O–H groups in total. The van der Waals surface area contributed by atoms with E-state index in [9.17, 15) is 0 Å². The number of benzene rings is 1. The zero-order valence-electron chi connectivity index (χ0n) is 8.99. The number of hydrogen-bond acceptors (Lipinski definition) is 2. The topological polar surface area (TPSA) is 24.9 Å². The zero-order chi connectivity index (χ0) is 10.7. The molecule has 1 heterocycles. The summed E-state index contributed by atoms with van der Waals surface area (Å²) in [5, 5.41) is 3.27. The number of nitrogens with one attached hydrogen (secondary N) is 1. The van der Waals surface area contributed by atoms with E-state index in [4.69, 9.17) is 0 Å². The van der Waals surface area contributed by atoms with Crippen LogP contribution < -0.4 is 5.32 Å². The number of nitrogens with zero attached hydrogens (tertiary/aromatic N) is 1. The predicted octanol–water partition coefficient (Wildman–Crippen LogP) is 3.44. The lowest BCUT2D eigenvalue weighted by Gasteiger charge is -2.06. The molecule has 0 bridgehead atoms. The largest absolute Gasteiger partial charge is 0.340 e. The first-order chi connectivity index (χ1) is 7.24. The third-order valence-electron chi connectivity index (χ3n) is 2.21. The third-order valence-corrected chi connectivity index (χ3v) is 2.21. The Hall–Kier alpha value is -1.83. The fourth-order valence-corrected chi connectivity index (χ4v) is 1.48. The van der Waals surface area contributed by atoms with Crippen molar-refractivity contribution >= 4 is 11.5 Å². The van der Waals surface area contributed by atoms with Crippen molar-refractivity contribution in [3.05, 3.63) is 53.7 Å². The first kappa shape index (κ1) is 9.71. The van der Waals surface area contributed by atoms with Crippen molar-refractivity contribution in [1.29, 1.82) is 0 Å². The quantitative estimate of drug-likeness (QED) is 0.799. The Morgan fingerprint density at radius 1 is 1.00 bits per heavy atom. The molecule has 2 nitrogen and oxygen atoms in total. The van der Waals surface area contributed by atoms with Crippen molar-refractivity contribution in [2.75, 3.05) is 5.32 Å². The summed E-state index contributed by atoms with van der Waals surface area (Å²) in [5.41, 5.74) is 3.53. The minimum atomic E-state index is 0.889. The lowest BCUT2D eigenvalue weighted by Crippen LogP contribution is -1.93. The zero-order valence-corrected chi connectivity index (χ0v) is 8.99. The molecule has 1 aromatic carbocycles. The summed E-state index contributed by atoms with van der Waals surface area (Å²) in [4.78, 5) is 4.25. The highest BCUT2D eigenvalue weighted by Crippen LogP contribution is 2.15. The second-order valence-electron chi connectivity index (χ2n) is 3.71. The van der Waals surface area contributed by atoms with Gasteiger partial charge in [0, 0.05) is 11.9 Å². The van der Waals surface area contributed by atoms with Crippen molar-refractivity contribution in [3.63, 3.8) is 0 Å². The Balaban J connectivity index is 2.22. The molecule has 0 aliphatic carbocycles. The Bertz CT molecular complexity index is 420. The molecule has 0 amide bonds. The minimum Gasteiger partial charge on any atom is -0.340 e. The van der Waals surface area contributed by atoms with Gasteiger partial charge in [-0.3, -0.25) is 0 Å². The highest BCUT2D eigenvalue weighted by Gasteiger charge is 1.95. The molecule has 0 fully saturated rings. The molecular weight excluding hydrogens is 184 g/mol. The van der Waals surface area contributed by atoms with E-state index >= 15 is 0 Å². The van der Waals surface area contributed by atoms with Gasteiger partial charge in [-0.05, 0) is 49.2 Å². The van der Waals surface area contributed by atoms with Gasteiger partial charge in [0.2, 0.25) is 0 Å². The molecule has 0 saturated heterocycles. The molecular formula is C13H14N2. The van der Waals surface area contributed by atoms with Gasteiger partial charge in [0.15, 0.2) is 0 Å². The number of rotatable bonds is 2. The van der Waals surface area contributed by atoms with E-state index in [0.717, 1.165) is 11.5 Å². The van der Waals surface area contributed by atoms with Gasteiger partial charge in [0.05, 0.1) is 0 Å². The normalized spacial score (nSPS) is 10.0. The maximum atomic E-state index is 4.25. The average Bonchev–Trinajstić information content (AvgIpc) is 2.17. The molecule has 0 radical (unpaired) electrons. The number of hydrogen-bond donors (Lipinski definition) is 1. The van der Waals surface area contributed by atoms with Gasteiger partial charge in [0.1, 0.15) is 5.82 Å². The van der Waals surface area contributed by atoms with Gasteiger partial charge in [-0.25, -0.2) is 4.98 Å². The van der Waals surface area contributed by atoms with Gasteiger partial charge in [-0.15, -0.1) is 0 Å². The summed E-state index contributed by atoms with van der Waals surface area (Å²) in [7, 11) is 0. The van der Waals surface area contributed by atoms with E-state index in [-0.39, 0.29) is 0 Å². The number of anilines is 2. The monoisotopic (exact) mass is 198 g/mol. The lowest BCUT2D eigenvalue weighted by atomic mass is 10.2. The number of aryl methyl sites for hydroxylation is 2. The van der Waals surface area contributed by atoms with Crippen LogP contribution in [0.3, 0.4) is 0 Å². The maximum Gasteiger partial charge on any atom is 0.130 e. The second-order valence-corrected chi connectivity index (χ2v) is 3.71. The number of aromatic nitrogens is 1. The van der Waals surface area contributed by atoms with E-state index in [2.05, 4.69) is 36.3 Å². The van der Waals surface area contributed by atoms with Crippen molar-refractivity contribution in [2.45, 2.75) is 13.8 Å². The number of pyridine rings is 1. The predicted molar refractivity (Wildman–Crippen MR) is 63.4 cm³/mol. The maximum absolute atomic E-state index is 4.25. The molecule has 1 aromatic heterocycles. The van der Waals surface area contributed by atoms with Gasteiger partial charge < -0.3 is 5.32 Å². The molecule has 0 unspecified atom stereocenters. The fourth-order valence-electron chi connectivity index (χ4n) is 1.48. The van der Waals surface area contributed by atoms with E-state index in [1.807, 2.05) is 30.5 Å². The van der Waals surface area contributed by atoms with Crippen molar-refractivity contribution in [1.82, 2.24) is 4.98 Å².